The Hall–Kier alpha value is -0.920. The summed E-state index contributed by atoms with van der Waals surface area (Å²) in [7, 11) is 1.71. The molecule has 13 heavy (non-hydrogen) atoms. The van der Waals surface area contributed by atoms with Crippen molar-refractivity contribution in [1.29, 1.82) is 0 Å². The van der Waals surface area contributed by atoms with Crippen LogP contribution in [-0.2, 0) is 0 Å². The van der Waals surface area contributed by atoms with Crippen molar-refractivity contribution in [1.82, 2.24) is 0 Å². The van der Waals surface area contributed by atoms with Crippen LogP contribution in [0.3, 0.4) is 0 Å². The maximum absolute atomic E-state index is 4.14. The number of hydrogen-bond acceptors (Lipinski definition) is 1. The molecule has 2 heteroatoms. The minimum Gasteiger partial charge on any atom is -0.277 e. The van der Waals surface area contributed by atoms with Crippen molar-refractivity contribution in [2.75, 3.05) is 7.05 Å². The van der Waals surface area contributed by atoms with Crippen LogP contribution < -0.4 is 0 Å². The molecule has 0 bridgehead atoms. The standard InChI is InChI=1S/C9H16N2.C2H6/c1-5-8(3)9(6-2)11-7-10-4;1-2/h6-8H,2,5H2,1,3-4H3;1-2H3. The van der Waals surface area contributed by atoms with Gasteiger partial charge < -0.3 is 0 Å². The van der Waals surface area contributed by atoms with Gasteiger partial charge in [0.25, 0.3) is 0 Å². The summed E-state index contributed by atoms with van der Waals surface area (Å²) in [5, 5.41) is 0. The van der Waals surface area contributed by atoms with E-state index in [0.29, 0.717) is 5.92 Å². The minimum atomic E-state index is 0.477. The molecule has 2 nitrogen and oxygen atoms in total. The van der Waals surface area contributed by atoms with Gasteiger partial charge in [-0.3, -0.25) is 4.99 Å². The van der Waals surface area contributed by atoms with Gasteiger partial charge >= 0.3 is 0 Å². The van der Waals surface area contributed by atoms with Crippen LogP contribution in [0, 0.1) is 5.92 Å². The predicted octanol–water partition coefficient (Wildman–Crippen LogP) is 3.34. The Morgan fingerprint density at radius 3 is 2.31 bits per heavy atom. The summed E-state index contributed by atoms with van der Waals surface area (Å²) in [6.45, 7) is 12.0. The van der Waals surface area contributed by atoms with E-state index in [4.69, 9.17) is 0 Å². The molecule has 0 aromatic carbocycles. The lowest BCUT2D eigenvalue weighted by Gasteiger charge is -2.05. The number of allylic oxidation sites excluding steroid dienone is 1. The molecule has 0 saturated carbocycles. The highest BCUT2D eigenvalue weighted by atomic mass is 14.8. The second-order valence-corrected chi connectivity index (χ2v) is 2.44. The van der Waals surface area contributed by atoms with Crippen LogP contribution in [0.5, 0.6) is 0 Å². The van der Waals surface area contributed by atoms with Gasteiger partial charge in [-0.1, -0.05) is 34.3 Å². The van der Waals surface area contributed by atoms with E-state index in [1.807, 2.05) is 13.8 Å². The second-order valence-electron chi connectivity index (χ2n) is 2.44. The topological polar surface area (TPSA) is 24.7 Å². The van der Waals surface area contributed by atoms with Crippen LogP contribution in [0.1, 0.15) is 34.1 Å². The third-order valence-corrected chi connectivity index (χ3v) is 1.65. The van der Waals surface area contributed by atoms with Crippen molar-refractivity contribution in [3.05, 3.63) is 12.7 Å². The lowest BCUT2D eigenvalue weighted by molar-refractivity contribution is 0.744. The monoisotopic (exact) mass is 182 g/mol. The van der Waals surface area contributed by atoms with E-state index in [9.17, 15) is 0 Å². The van der Waals surface area contributed by atoms with E-state index >= 15 is 0 Å². The fourth-order valence-corrected chi connectivity index (χ4v) is 0.715. The molecule has 0 aliphatic carbocycles. The number of hydrogen-bond donors (Lipinski definition) is 0. The molecule has 0 spiro atoms. The molecule has 0 N–H and O–H groups in total. The smallest absolute Gasteiger partial charge is 0.109 e. The fraction of sp³-hybridized carbons (Fsp3) is 0.636. The van der Waals surface area contributed by atoms with Crippen molar-refractivity contribution in [3.63, 3.8) is 0 Å². The Morgan fingerprint density at radius 2 is 2.00 bits per heavy atom. The summed E-state index contributed by atoms with van der Waals surface area (Å²) in [5.74, 6) is 0.477. The summed E-state index contributed by atoms with van der Waals surface area (Å²) in [5.41, 5.74) is 1.01. The molecule has 76 valence electrons. The Labute approximate surface area is 82.5 Å². The summed E-state index contributed by atoms with van der Waals surface area (Å²) in [6, 6.07) is 0. The van der Waals surface area contributed by atoms with Crippen molar-refractivity contribution in [2.45, 2.75) is 34.1 Å². The average molecular weight is 182 g/mol. The summed E-state index contributed by atoms with van der Waals surface area (Å²) >= 11 is 0. The second kappa shape index (κ2) is 11.1. The largest absolute Gasteiger partial charge is 0.277 e. The molecule has 0 saturated heterocycles. The van der Waals surface area contributed by atoms with Crippen LogP contribution in [0.4, 0.5) is 0 Å². The molecule has 1 unspecified atom stereocenters. The maximum Gasteiger partial charge on any atom is 0.109 e. The molecule has 0 aromatic rings. The zero-order valence-electron chi connectivity index (χ0n) is 9.54. The molecule has 1 atom stereocenters. The van der Waals surface area contributed by atoms with E-state index in [2.05, 4.69) is 30.4 Å². The first kappa shape index (κ1) is 14.6. The number of nitrogens with zero attached hydrogens (tertiary/aromatic N) is 2. The van der Waals surface area contributed by atoms with Gasteiger partial charge in [-0.15, -0.1) is 0 Å². The SMILES string of the molecule is C=CC(=NC=NC)C(C)CC.CC. The molecule has 0 heterocycles. The molecule has 0 aromatic heterocycles. The van der Waals surface area contributed by atoms with Crippen molar-refractivity contribution >= 4 is 12.1 Å². The molecule has 0 aliphatic rings. The van der Waals surface area contributed by atoms with Gasteiger partial charge in [-0.05, 0) is 18.4 Å². The number of rotatable bonds is 4. The normalized spacial score (nSPS) is 13.5. The maximum atomic E-state index is 4.14. The Bertz CT molecular complexity index is 169. The van der Waals surface area contributed by atoms with Gasteiger partial charge in [0.1, 0.15) is 6.34 Å². The van der Waals surface area contributed by atoms with Crippen LogP contribution in [0.25, 0.3) is 0 Å². The molecular weight excluding hydrogens is 160 g/mol. The van der Waals surface area contributed by atoms with E-state index in [0.717, 1.165) is 12.1 Å². The third kappa shape index (κ3) is 7.44. The third-order valence-electron chi connectivity index (χ3n) is 1.65. The van der Waals surface area contributed by atoms with Crippen LogP contribution in [0.2, 0.25) is 0 Å². The fourth-order valence-electron chi connectivity index (χ4n) is 0.715. The van der Waals surface area contributed by atoms with Crippen LogP contribution in [0.15, 0.2) is 22.6 Å². The first-order valence-corrected chi connectivity index (χ1v) is 4.87. The predicted molar refractivity (Wildman–Crippen MR) is 62.9 cm³/mol. The first-order valence-electron chi connectivity index (χ1n) is 4.87. The van der Waals surface area contributed by atoms with E-state index in [1.54, 1.807) is 19.5 Å². The summed E-state index contributed by atoms with van der Waals surface area (Å²) in [4.78, 5) is 7.92. The van der Waals surface area contributed by atoms with E-state index < -0.39 is 0 Å². The Kier molecular flexibility index (Phi) is 12.4. The molecule has 0 rings (SSSR count). The number of aliphatic imine (C=N–C) groups is 2. The van der Waals surface area contributed by atoms with Gasteiger partial charge in [-0.25, -0.2) is 4.99 Å². The Balaban J connectivity index is 0. The highest BCUT2D eigenvalue weighted by Crippen LogP contribution is 2.03. The zero-order valence-corrected chi connectivity index (χ0v) is 9.54. The molecular formula is C11H22N2. The molecule has 0 fully saturated rings. The van der Waals surface area contributed by atoms with Gasteiger partial charge in [0.05, 0.1) is 0 Å². The van der Waals surface area contributed by atoms with Gasteiger partial charge in [-0.2, -0.15) is 0 Å². The van der Waals surface area contributed by atoms with Crippen LogP contribution >= 0.6 is 0 Å². The molecule has 0 amide bonds. The van der Waals surface area contributed by atoms with Gasteiger partial charge in [0.15, 0.2) is 0 Å². The van der Waals surface area contributed by atoms with Crippen molar-refractivity contribution < 1.29 is 0 Å². The van der Waals surface area contributed by atoms with Crippen molar-refractivity contribution in [3.8, 4) is 0 Å². The van der Waals surface area contributed by atoms with E-state index in [1.165, 1.54) is 0 Å². The highest BCUT2D eigenvalue weighted by molar-refractivity contribution is 6.00. The van der Waals surface area contributed by atoms with Gasteiger partial charge in [0, 0.05) is 12.8 Å². The lowest BCUT2D eigenvalue weighted by atomic mass is 10.0. The average Bonchev–Trinajstić information content (AvgIpc) is 2.21. The zero-order chi connectivity index (χ0) is 10.7. The van der Waals surface area contributed by atoms with Crippen LogP contribution in [-0.4, -0.2) is 19.1 Å². The first-order chi connectivity index (χ1) is 6.26. The van der Waals surface area contributed by atoms with E-state index in [-0.39, 0.29) is 0 Å². The summed E-state index contributed by atoms with van der Waals surface area (Å²) in [6.07, 6.45) is 4.43. The minimum absolute atomic E-state index is 0.477. The van der Waals surface area contributed by atoms with Crippen molar-refractivity contribution in [2.24, 2.45) is 15.9 Å². The van der Waals surface area contributed by atoms with Gasteiger partial charge in [0.2, 0.25) is 0 Å². The summed E-state index contributed by atoms with van der Waals surface area (Å²) < 4.78 is 0. The molecule has 0 aliphatic heterocycles. The molecule has 0 radical (unpaired) electrons. The quantitative estimate of drug-likeness (QED) is 0.470. The Morgan fingerprint density at radius 1 is 1.46 bits per heavy atom. The highest BCUT2D eigenvalue weighted by Gasteiger charge is 2.02. The lowest BCUT2D eigenvalue weighted by Crippen LogP contribution is -2.06.